The van der Waals surface area contributed by atoms with Crippen molar-refractivity contribution in [3.05, 3.63) is 93.7 Å². The second-order valence-corrected chi connectivity index (χ2v) is 11.5. The predicted octanol–water partition coefficient (Wildman–Crippen LogP) is 7.09. The molecular weight excluding hydrogens is 595 g/mol. The van der Waals surface area contributed by atoms with Gasteiger partial charge in [-0.05, 0) is 55.8 Å². The number of hydrogen-bond donors (Lipinski definition) is 1. The molecule has 1 N–H and O–H groups in total. The van der Waals surface area contributed by atoms with Gasteiger partial charge >= 0.3 is 6.09 Å². The fraction of sp³-hybridized carbons (Fsp3) is 0.258. The Balaban J connectivity index is 1.27. The van der Waals surface area contributed by atoms with Crippen molar-refractivity contribution in [1.29, 1.82) is 0 Å². The third-order valence-electron chi connectivity index (χ3n) is 6.77. The molecular formula is C31H30Cl2N4O4S. The monoisotopic (exact) mass is 624 g/mol. The van der Waals surface area contributed by atoms with Gasteiger partial charge in [0.1, 0.15) is 19.0 Å². The Hall–Kier alpha value is -3.66. The van der Waals surface area contributed by atoms with Gasteiger partial charge in [-0.15, -0.1) is 11.8 Å². The van der Waals surface area contributed by atoms with Gasteiger partial charge in [-0.25, -0.2) is 4.79 Å². The summed E-state index contributed by atoms with van der Waals surface area (Å²) in [7, 11) is 0. The van der Waals surface area contributed by atoms with Gasteiger partial charge in [0.15, 0.2) is 0 Å². The third-order valence-corrected chi connectivity index (χ3v) is 8.66. The van der Waals surface area contributed by atoms with Crippen LogP contribution in [0.2, 0.25) is 10.0 Å². The van der Waals surface area contributed by atoms with Crippen molar-refractivity contribution in [2.45, 2.75) is 25.3 Å². The van der Waals surface area contributed by atoms with Crippen LogP contribution in [0.1, 0.15) is 28.4 Å². The van der Waals surface area contributed by atoms with Crippen molar-refractivity contribution in [3.63, 3.8) is 0 Å². The molecule has 11 heteroatoms. The molecule has 2 heterocycles. The normalized spacial score (nSPS) is 12.5. The number of fused-ring (bicyclic) bond motifs is 1. The molecule has 1 aliphatic heterocycles. The summed E-state index contributed by atoms with van der Waals surface area (Å²) >= 11 is 14.3. The highest BCUT2D eigenvalue weighted by atomic mass is 35.5. The fourth-order valence-corrected chi connectivity index (χ4v) is 6.12. The molecule has 218 valence electrons. The lowest BCUT2D eigenvalue weighted by Gasteiger charge is -2.29. The minimum atomic E-state index is -0.419. The van der Waals surface area contributed by atoms with Crippen molar-refractivity contribution in [3.8, 4) is 16.9 Å². The lowest BCUT2D eigenvalue weighted by atomic mass is 10.1. The SMILES string of the molecule is CCNC(=O)c1ccc(Cl)c(Cn2cc(-c3cccc4c3SCCN4C(=O)OCCOc3cccc(Cl)c3C)cn2)c1. The van der Waals surface area contributed by atoms with Crippen LogP contribution in [0.25, 0.3) is 11.1 Å². The molecule has 0 bridgehead atoms. The van der Waals surface area contributed by atoms with Gasteiger partial charge < -0.3 is 14.8 Å². The summed E-state index contributed by atoms with van der Waals surface area (Å²) < 4.78 is 13.1. The molecule has 0 spiro atoms. The van der Waals surface area contributed by atoms with Crippen LogP contribution >= 0.6 is 35.0 Å². The number of ether oxygens (including phenoxy) is 2. The molecule has 4 aromatic rings. The van der Waals surface area contributed by atoms with E-state index < -0.39 is 6.09 Å². The second kappa shape index (κ2) is 13.5. The van der Waals surface area contributed by atoms with Gasteiger partial charge in [0.2, 0.25) is 0 Å². The first kappa shape index (κ1) is 29.8. The van der Waals surface area contributed by atoms with Gasteiger partial charge in [-0.1, -0.05) is 41.4 Å². The molecule has 1 aromatic heterocycles. The standard InChI is InChI=1S/C31H30Cl2N4O4S/c1-3-34-30(38)21-10-11-26(33)22(16-21)18-36-19-23(17-35-36)24-6-4-8-27-29(24)42-15-12-37(27)31(39)41-14-13-40-28-9-5-7-25(32)20(28)2/h4-11,16-17,19H,3,12-15,18H2,1-2H3,(H,34,38). The summed E-state index contributed by atoms with van der Waals surface area (Å²) in [5.74, 6) is 1.25. The van der Waals surface area contributed by atoms with Crippen molar-refractivity contribution >= 4 is 52.7 Å². The van der Waals surface area contributed by atoms with Crippen LogP contribution in [-0.2, 0) is 11.3 Å². The number of anilines is 1. The Kier molecular flexibility index (Phi) is 9.62. The summed E-state index contributed by atoms with van der Waals surface area (Å²) in [6, 6.07) is 16.6. The second-order valence-electron chi connectivity index (χ2n) is 9.57. The summed E-state index contributed by atoms with van der Waals surface area (Å²) in [5, 5.41) is 8.55. The molecule has 0 aliphatic carbocycles. The lowest BCUT2D eigenvalue weighted by Crippen LogP contribution is -2.36. The lowest BCUT2D eigenvalue weighted by molar-refractivity contribution is 0.0955. The molecule has 2 amide bonds. The zero-order chi connectivity index (χ0) is 29.6. The Morgan fingerprint density at radius 1 is 1.07 bits per heavy atom. The number of thioether (sulfide) groups is 1. The zero-order valence-corrected chi connectivity index (χ0v) is 25.6. The van der Waals surface area contributed by atoms with Crippen LogP contribution < -0.4 is 15.0 Å². The molecule has 0 unspecified atom stereocenters. The van der Waals surface area contributed by atoms with Crippen LogP contribution in [0, 0.1) is 6.92 Å². The summed E-state index contributed by atoms with van der Waals surface area (Å²) in [6.45, 7) is 5.58. The van der Waals surface area contributed by atoms with E-state index in [2.05, 4.69) is 10.4 Å². The first-order valence-corrected chi connectivity index (χ1v) is 15.3. The van der Waals surface area contributed by atoms with Gasteiger partial charge in [0.25, 0.3) is 5.91 Å². The van der Waals surface area contributed by atoms with Gasteiger partial charge in [-0.2, -0.15) is 5.10 Å². The van der Waals surface area contributed by atoms with Crippen LogP contribution in [-0.4, -0.2) is 53.8 Å². The van der Waals surface area contributed by atoms with E-state index in [1.54, 1.807) is 51.8 Å². The van der Waals surface area contributed by atoms with Crippen molar-refractivity contribution in [1.82, 2.24) is 15.1 Å². The summed E-state index contributed by atoms with van der Waals surface area (Å²) in [6.07, 6.45) is 3.32. The average Bonchev–Trinajstić information content (AvgIpc) is 3.46. The number of carbonyl (C=O) groups excluding carboxylic acids is 2. The highest BCUT2D eigenvalue weighted by Crippen LogP contribution is 2.42. The number of rotatable bonds is 9. The highest BCUT2D eigenvalue weighted by Gasteiger charge is 2.26. The molecule has 8 nitrogen and oxygen atoms in total. The van der Waals surface area contributed by atoms with E-state index in [9.17, 15) is 9.59 Å². The highest BCUT2D eigenvalue weighted by molar-refractivity contribution is 7.99. The van der Waals surface area contributed by atoms with Crippen molar-refractivity contribution in [2.24, 2.45) is 0 Å². The minimum Gasteiger partial charge on any atom is -0.490 e. The van der Waals surface area contributed by atoms with E-state index in [1.807, 2.05) is 50.4 Å². The largest absolute Gasteiger partial charge is 0.490 e. The van der Waals surface area contributed by atoms with Crippen LogP contribution in [0.5, 0.6) is 5.75 Å². The smallest absolute Gasteiger partial charge is 0.414 e. The number of benzene rings is 3. The predicted molar refractivity (Wildman–Crippen MR) is 167 cm³/mol. The maximum Gasteiger partial charge on any atom is 0.414 e. The molecule has 5 rings (SSSR count). The first-order valence-electron chi connectivity index (χ1n) is 13.5. The molecule has 0 atom stereocenters. The summed E-state index contributed by atoms with van der Waals surface area (Å²) in [5.41, 5.74) is 4.88. The molecule has 3 aromatic carbocycles. The number of carbonyl (C=O) groups is 2. The first-order chi connectivity index (χ1) is 20.4. The maximum atomic E-state index is 13.1. The molecule has 1 aliphatic rings. The molecule has 42 heavy (non-hydrogen) atoms. The molecule has 0 fully saturated rings. The van der Waals surface area contributed by atoms with Gasteiger partial charge in [0, 0.05) is 62.2 Å². The van der Waals surface area contributed by atoms with Crippen molar-refractivity contribution < 1.29 is 19.1 Å². The van der Waals surface area contributed by atoms with Gasteiger partial charge in [0.05, 0.1) is 18.4 Å². The third kappa shape index (κ3) is 6.69. The summed E-state index contributed by atoms with van der Waals surface area (Å²) in [4.78, 5) is 28.0. The average molecular weight is 626 g/mol. The topological polar surface area (TPSA) is 85.7 Å². The fourth-order valence-electron chi connectivity index (χ4n) is 4.63. The van der Waals surface area contributed by atoms with E-state index in [1.165, 1.54) is 0 Å². The Morgan fingerprint density at radius 3 is 2.74 bits per heavy atom. The molecule has 0 saturated heterocycles. The van der Waals surface area contributed by atoms with E-state index in [0.29, 0.717) is 41.0 Å². The number of hydrogen-bond acceptors (Lipinski definition) is 6. The van der Waals surface area contributed by atoms with E-state index >= 15 is 0 Å². The molecule has 0 saturated carbocycles. The Labute approximate surface area is 258 Å². The Morgan fingerprint density at radius 2 is 1.90 bits per heavy atom. The van der Waals surface area contributed by atoms with Crippen LogP contribution in [0.3, 0.4) is 0 Å². The minimum absolute atomic E-state index is 0.111. The maximum absolute atomic E-state index is 13.1. The van der Waals surface area contributed by atoms with Gasteiger partial charge in [-0.3, -0.25) is 14.4 Å². The van der Waals surface area contributed by atoms with Crippen molar-refractivity contribution in [2.75, 3.05) is 37.0 Å². The van der Waals surface area contributed by atoms with E-state index in [-0.39, 0.29) is 19.1 Å². The van der Waals surface area contributed by atoms with E-state index in [0.717, 1.165) is 38.6 Å². The zero-order valence-electron chi connectivity index (χ0n) is 23.2. The molecule has 0 radical (unpaired) electrons. The number of amides is 2. The van der Waals surface area contributed by atoms with Crippen LogP contribution in [0.15, 0.2) is 71.9 Å². The quantitative estimate of drug-likeness (QED) is 0.200. The number of halogens is 2. The Bertz CT molecular complexity index is 1610. The van der Waals surface area contributed by atoms with Crippen LogP contribution in [0.4, 0.5) is 10.5 Å². The number of nitrogens with zero attached hydrogens (tertiary/aromatic N) is 3. The van der Waals surface area contributed by atoms with E-state index in [4.69, 9.17) is 32.7 Å². The number of aromatic nitrogens is 2. The number of nitrogens with one attached hydrogen (secondary N) is 1.